The highest BCUT2D eigenvalue weighted by Crippen LogP contribution is 2.24. The van der Waals surface area contributed by atoms with Gasteiger partial charge < -0.3 is 14.4 Å². The fraction of sp³-hybridized carbons (Fsp3) is 0.533. The molecule has 1 aromatic rings. The molecule has 0 aromatic heterocycles. The zero-order valence-corrected chi connectivity index (χ0v) is 12.1. The van der Waals surface area contributed by atoms with E-state index >= 15 is 0 Å². The summed E-state index contributed by atoms with van der Waals surface area (Å²) in [5.74, 6) is 0.961. The van der Waals surface area contributed by atoms with E-state index in [1.165, 1.54) is 0 Å². The lowest BCUT2D eigenvalue weighted by Gasteiger charge is -2.24. The van der Waals surface area contributed by atoms with E-state index in [1.54, 1.807) is 7.11 Å². The van der Waals surface area contributed by atoms with Crippen molar-refractivity contribution in [2.45, 2.75) is 19.5 Å². The number of nitrogens with zero attached hydrogens (tertiary/aromatic N) is 1. The van der Waals surface area contributed by atoms with Crippen molar-refractivity contribution in [3.63, 3.8) is 0 Å². The molecule has 0 spiro atoms. The van der Waals surface area contributed by atoms with Gasteiger partial charge in [-0.15, -0.1) is 0 Å². The average molecular weight is 278 g/mol. The topological polar surface area (TPSA) is 50.8 Å². The Morgan fingerprint density at radius 2 is 2.10 bits per heavy atom. The molecule has 1 unspecified atom stereocenters. The van der Waals surface area contributed by atoms with E-state index in [1.807, 2.05) is 36.1 Å². The largest absolute Gasteiger partial charge is 0.497 e. The molecule has 1 amide bonds. The lowest BCUT2D eigenvalue weighted by molar-refractivity contribution is -0.128. The first-order chi connectivity index (χ1) is 9.76. The Morgan fingerprint density at radius 1 is 1.35 bits per heavy atom. The molecule has 1 aromatic carbocycles. The number of hydrogen-bond donors (Lipinski definition) is 1. The van der Waals surface area contributed by atoms with Crippen molar-refractivity contribution < 1.29 is 14.3 Å². The summed E-state index contributed by atoms with van der Waals surface area (Å²) in [5, 5.41) is 3.25. The molecule has 1 N–H and O–H groups in total. The molecule has 1 aliphatic heterocycles. The lowest BCUT2D eigenvalue weighted by Crippen LogP contribution is -2.31. The molecule has 110 valence electrons. The fourth-order valence-electron chi connectivity index (χ4n) is 2.36. The van der Waals surface area contributed by atoms with Gasteiger partial charge in [0, 0.05) is 19.8 Å². The summed E-state index contributed by atoms with van der Waals surface area (Å²) in [4.78, 5) is 13.8. The first-order valence-electron chi connectivity index (χ1n) is 7.00. The quantitative estimate of drug-likeness (QED) is 0.769. The summed E-state index contributed by atoms with van der Waals surface area (Å²) in [5.41, 5.74) is 1.08. The van der Waals surface area contributed by atoms with Crippen molar-refractivity contribution in [3.05, 3.63) is 29.8 Å². The number of methoxy groups -OCH3 is 1. The van der Waals surface area contributed by atoms with Gasteiger partial charge in [0.05, 0.1) is 13.7 Å². The maximum absolute atomic E-state index is 11.9. The molecule has 2 rings (SSSR count). The number of carbonyl (C=O) groups is 1. The Kier molecular flexibility index (Phi) is 5.38. The van der Waals surface area contributed by atoms with Crippen LogP contribution in [0, 0.1) is 0 Å². The minimum Gasteiger partial charge on any atom is -0.497 e. The predicted octanol–water partition coefficient (Wildman–Crippen LogP) is 1.55. The Morgan fingerprint density at radius 3 is 2.75 bits per heavy atom. The van der Waals surface area contributed by atoms with Gasteiger partial charge in [-0.1, -0.05) is 12.1 Å². The monoisotopic (exact) mass is 278 g/mol. The van der Waals surface area contributed by atoms with Crippen LogP contribution in [0.2, 0.25) is 0 Å². The molecule has 1 fully saturated rings. The third kappa shape index (κ3) is 3.49. The van der Waals surface area contributed by atoms with Crippen LogP contribution in [-0.4, -0.2) is 44.2 Å². The Bertz CT molecular complexity index is 433. The first-order valence-corrected chi connectivity index (χ1v) is 7.00. The summed E-state index contributed by atoms with van der Waals surface area (Å²) in [6.07, 6.45) is 0.809. The minimum absolute atomic E-state index is 0.0463. The Labute approximate surface area is 119 Å². The number of benzene rings is 1. The van der Waals surface area contributed by atoms with Crippen LogP contribution in [0.25, 0.3) is 0 Å². The molecule has 0 aliphatic carbocycles. The molecule has 5 heteroatoms. The van der Waals surface area contributed by atoms with Crippen molar-refractivity contribution in [2.24, 2.45) is 0 Å². The summed E-state index contributed by atoms with van der Waals surface area (Å²) in [6.45, 7) is 4.49. The van der Waals surface area contributed by atoms with Gasteiger partial charge in [0.15, 0.2) is 0 Å². The van der Waals surface area contributed by atoms with Crippen LogP contribution >= 0.6 is 0 Å². The van der Waals surface area contributed by atoms with Crippen molar-refractivity contribution >= 4 is 5.91 Å². The lowest BCUT2D eigenvalue weighted by atomic mass is 10.1. The highest BCUT2D eigenvalue weighted by atomic mass is 16.5. The van der Waals surface area contributed by atoms with E-state index in [0.717, 1.165) is 17.7 Å². The summed E-state index contributed by atoms with van der Waals surface area (Å²) in [6, 6.07) is 7.81. The van der Waals surface area contributed by atoms with Crippen LogP contribution in [0.3, 0.4) is 0 Å². The van der Waals surface area contributed by atoms with E-state index in [-0.39, 0.29) is 12.1 Å². The second kappa shape index (κ2) is 7.26. The van der Waals surface area contributed by atoms with Gasteiger partial charge in [-0.3, -0.25) is 10.1 Å². The Hall–Kier alpha value is -1.59. The molecule has 1 heterocycles. The summed E-state index contributed by atoms with van der Waals surface area (Å²) in [7, 11) is 1.65. The standard InChI is InChI=1S/C15H22N2O3/c1-3-20-10-4-9-17-14(18)11-16-15(17)12-5-7-13(19-2)8-6-12/h5-8,15-16H,3-4,9-11H2,1-2H3. The molecule has 1 aliphatic rings. The van der Waals surface area contributed by atoms with Gasteiger partial charge in [-0.2, -0.15) is 0 Å². The van der Waals surface area contributed by atoms with E-state index < -0.39 is 0 Å². The van der Waals surface area contributed by atoms with Crippen LogP contribution < -0.4 is 10.1 Å². The van der Waals surface area contributed by atoms with Gasteiger partial charge in [0.25, 0.3) is 0 Å². The van der Waals surface area contributed by atoms with Crippen molar-refractivity contribution in [3.8, 4) is 5.75 Å². The molecular weight excluding hydrogens is 256 g/mol. The first kappa shape index (κ1) is 14.8. The summed E-state index contributed by atoms with van der Waals surface area (Å²) < 4.78 is 10.5. The second-order valence-electron chi connectivity index (χ2n) is 4.69. The number of ether oxygens (including phenoxy) is 2. The number of hydrogen-bond acceptors (Lipinski definition) is 4. The van der Waals surface area contributed by atoms with Gasteiger partial charge in [-0.25, -0.2) is 0 Å². The van der Waals surface area contributed by atoms with Crippen LogP contribution in [0.5, 0.6) is 5.75 Å². The van der Waals surface area contributed by atoms with Crippen LogP contribution in [0.4, 0.5) is 0 Å². The van der Waals surface area contributed by atoms with Gasteiger partial charge >= 0.3 is 0 Å². The minimum atomic E-state index is -0.0463. The number of carbonyl (C=O) groups excluding carboxylic acids is 1. The van der Waals surface area contributed by atoms with Crippen molar-refractivity contribution in [1.82, 2.24) is 10.2 Å². The number of rotatable bonds is 7. The highest BCUT2D eigenvalue weighted by Gasteiger charge is 2.30. The average Bonchev–Trinajstić information content (AvgIpc) is 2.85. The SMILES string of the molecule is CCOCCCN1C(=O)CNC1c1ccc(OC)cc1. The smallest absolute Gasteiger partial charge is 0.238 e. The predicted molar refractivity (Wildman–Crippen MR) is 76.6 cm³/mol. The van der Waals surface area contributed by atoms with Gasteiger partial charge in [0.1, 0.15) is 11.9 Å². The van der Waals surface area contributed by atoms with E-state index in [0.29, 0.717) is 26.3 Å². The molecule has 1 atom stereocenters. The zero-order chi connectivity index (χ0) is 14.4. The van der Waals surface area contributed by atoms with E-state index in [2.05, 4.69) is 5.32 Å². The van der Waals surface area contributed by atoms with Crippen molar-refractivity contribution in [1.29, 1.82) is 0 Å². The highest BCUT2D eigenvalue weighted by molar-refractivity contribution is 5.80. The molecule has 1 saturated heterocycles. The molecule has 0 saturated carbocycles. The third-order valence-corrected chi connectivity index (χ3v) is 3.40. The van der Waals surface area contributed by atoms with Crippen LogP contribution in [0.1, 0.15) is 25.1 Å². The molecular formula is C15H22N2O3. The van der Waals surface area contributed by atoms with E-state index in [4.69, 9.17) is 9.47 Å². The number of nitrogens with one attached hydrogen (secondary N) is 1. The molecule has 0 radical (unpaired) electrons. The summed E-state index contributed by atoms with van der Waals surface area (Å²) >= 11 is 0. The normalized spacial score (nSPS) is 18.6. The third-order valence-electron chi connectivity index (χ3n) is 3.40. The van der Waals surface area contributed by atoms with Gasteiger partial charge in [-0.05, 0) is 31.0 Å². The van der Waals surface area contributed by atoms with Gasteiger partial charge in [0.2, 0.25) is 5.91 Å². The number of amides is 1. The van der Waals surface area contributed by atoms with Crippen LogP contribution in [0.15, 0.2) is 24.3 Å². The van der Waals surface area contributed by atoms with Crippen LogP contribution in [-0.2, 0) is 9.53 Å². The van der Waals surface area contributed by atoms with E-state index in [9.17, 15) is 4.79 Å². The molecule has 0 bridgehead atoms. The molecule has 5 nitrogen and oxygen atoms in total. The maximum Gasteiger partial charge on any atom is 0.238 e. The zero-order valence-electron chi connectivity index (χ0n) is 12.1. The fourth-order valence-corrected chi connectivity index (χ4v) is 2.36. The Balaban J connectivity index is 1.99. The second-order valence-corrected chi connectivity index (χ2v) is 4.69. The van der Waals surface area contributed by atoms with Crippen molar-refractivity contribution in [2.75, 3.05) is 33.4 Å². The molecule has 20 heavy (non-hydrogen) atoms. The maximum atomic E-state index is 11.9.